The summed E-state index contributed by atoms with van der Waals surface area (Å²) >= 11 is 0. The lowest BCUT2D eigenvalue weighted by Gasteiger charge is -2.44. The molecule has 3 aliphatic rings. The van der Waals surface area contributed by atoms with E-state index in [1.54, 1.807) is 11.1 Å². The number of rotatable bonds is 4. The Balaban J connectivity index is 1.33. The number of aromatic nitrogens is 2. The molecule has 3 heterocycles. The molecule has 1 amide bonds. The Morgan fingerprint density at radius 1 is 1.36 bits per heavy atom. The summed E-state index contributed by atoms with van der Waals surface area (Å²) in [5, 5.41) is 13.8. The zero-order chi connectivity index (χ0) is 19.3. The van der Waals surface area contributed by atoms with Gasteiger partial charge in [0, 0.05) is 30.9 Å². The van der Waals surface area contributed by atoms with E-state index in [0.717, 1.165) is 61.8 Å². The van der Waals surface area contributed by atoms with Crippen LogP contribution >= 0.6 is 0 Å². The summed E-state index contributed by atoms with van der Waals surface area (Å²) < 4.78 is 0. The summed E-state index contributed by atoms with van der Waals surface area (Å²) in [4.78, 5) is 24.5. The van der Waals surface area contributed by atoms with Crippen LogP contribution in [0.5, 0.6) is 0 Å². The quantitative estimate of drug-likeness (QED) is 0.854. The lowest BCUT2D eigenvalue weighted by atomic mass is 9.84. The van der Waals surface area contributed by atoms with Gasteiger partial charge in [-0.1, -0.05) is 0 Å². The maximum absolute atomic E-state index is 12.7. The van der Waals surface area contributed by atoms with E-state index in [1.807, 2.05) is 19.3 Å². The third kappa shape index (κ3) is 2.83. The second-order valence-corrected chi connectivity index (χ2v) is 8.62. The molecule has 2 aromatic heterocycles. The van der Waals surface area contributed by atoms with Crippen molar-refractivity contribution < 1.29 is 4.79 Å². The van der Waals surface area contributed by atoms with Crippen LogP contribution in [-0.4, -0.2) is 52.6 Å². The molecular weight excluding hydrogens is 352 g/mol. The number of carbonyl (C=O) groups is 1. The molecular formula is C21H26N6O. The van der Waals surface area contributed by atoms with Crippen molar-refractivity contribution in [2.24, 2.45) is 5.92 Å². The van der Waals surface area contributed by atoms with Crippen LogP contribution in [0.4, 0.5) is 5.69 Å². The zero-order valence-corrected chi connectivity index (χ0v) is 16.2. The molecule has 2 aliphatic carbocycles. The topological polar surface area (TPSA) is 88.0 Å². The minimum Gasteiger partial charge on any atom is -0.349 e. The average Bonchev–Trinajstić information content (AvgIpc) is 3.35. The van der Waals surface area contributed by atoms with E-state index in [2.05, 4.69) is 26.3 Å². The Bertz CT molecular complexity index is 947. The highest BCUT2D eigenvalue weighted by Crippen LogP contribution is 2.39. The maximum Gasteiger partial charge on any atom is 0.258 e. The number of anilines is 1. The second-order valence-electron chi connectivity index (χ2n) is 8.62. The van der Waals surface area contributed by atoms with Crippen molar-refractivity contribution in [1.82, 2.24) is 20.2 Å². The van der Waals surface area contributed by atoms with Crippen molar-refractivity contribution >= 4 is 22.6 Å². The van der Waals surface area contributed by atoms with Gasteiger partial charge in [-0.15, -0.1) is 0 Å². The van der Waals surface area contributed by atoms with Crippen molar-refractivity contribution in [1.29, 1.82) is 5.26 Å². The lowest BCUT2D eigenvalue weighted by molar-refractivity contribution is 0.0774. The number of nitriles is 1. The highest BCUT2D eigenvalue weighted by atomic mass is 16.2. The first kappa shape index (κ1) is 17.5. The zero-order valence-electron chi connectivity index (χ0n) is 16.2. The van der Waals surface area contributed by atoms with E-state index in [9.17, 15) is 10.1 Å². The number of H-pyrrole nitrogens is 1. The van der Waals surface area contributed by atoms with Crippen molar-refractivity contribution in [2.45, 2.75) is 50.1 Å². The van der Waals surface area contributed by atoms with Gasteiger partial charge >= 0.3 is 0 Å². The molecule has 0 atom stereocenters. The maximum atomic E-state index is 12.7. The van der Waals surface area contributed by atoms with Gasteiger partial charge in [0.15, 0.2) is 0 Å². The SMILES string of the molecule is CN1CN([C@H]2CC[C@H](CNC3(C#N)CC3)CC2)c2c(cnc3[nH]ccc23)C1=O. The molecule has 7 nitrogen and oxygen atoms in total. The Hall–Kier alpha value is -2.59. The number of nitrogens with zero attached hydrogens (tertiary/aromatic N) is 4. The Morgan fingerprint density at radius 3 is 2.86 bits per heavy atom. The first-order chi connectivity index (χ1) is 13.6. The van der Waals surface area contributed by atoms with Gasteiger partial charge in [0.2, 0.25) is 0 Å². The van der Waals surface area contributed by atoms with Crippen molar-refractivity contribution in [3.8, 4) is 6.07 Å². The fourth-order valence-electron chi connectivity index (χ4n) is 4.78. The molecule has 0 saturated heterocycles. The number of hydrogen-bond donors (Lipinski definition) is 2. The molecule has 28 heavy (non-hydrogen) atoms. The summed E-state index contributed by atoms with van der Waals surface area (Å²) in [7, 11) is 1.87. The number of hydrogen-bond acceptors (Lipinski definition) is 5. The molecule has 2 N–H and O–H groups in total. The van der Waals surface area contributed by atoms with Gasteiger partial charge in [-0.25, -0.2) is 4.98 Å². The van der Waals surface area contributed by atoms with E-state index in [-0.39, 0.29) is 11.4 Å². The molecule has 0 bridgehead atoms. The van der Waals surface area contributed by atoms with E-state index >= 15 is 0 Å². The van der Waals surface area contributed by atoms with Gasteiger partial charge in [-0.2, -0.15) is 5.26 Å². The van der Waals surface area contributed by atoms with E-state index in [4.69, 9.17) is 0 Å². The normalized spacial score (nSPS) is 26.2. The second kappa shape index (κ2) is 6.49. The van der Waals surface area contributed by atoms with Gasteiger partial charge in [-0.05, 0) is 57.1 Å². The molecule has 0 unspecified atom stereocenters. The van der Waals surface area contributed by atoms with Gasteiger partial charge in [0.1, 0.15) is 11.2 Å². The fraction of sp³-hybridized carbons (Fsp3) is 0.571. The Kier molecular flexibility index (Phi) is 4.06. The van der Waals surface area contributed by atoms with E-state index < -0.39 is 0 Å². The summed E-state index contributed by atoms with van der Waals surface area (Å²) in [6.45, 7) is 1.57. The number of carbonyl (C=O) groups excluding carboxylic acids is 1. The monoisotopic (exact) mass is 378 g/mol. The van der Waals surface area contributed by atoms with E-state index in [0.29, 0.717) is 24.2 Å². The number of fused-ring (bicyclic) bond motifs is 3. The third-order valence-corrected chi connectivity index (χ3v) is 6.74. The van der Waals surface area contributed by atoms with Crippen LogP contribution in [0.3, 0.4) is 0 Å². The first-order valence-corrected chi connectivity index (χ1v) is 10.2. The van der Waals surface area contributed by atoms with Gasteiger partial charge < -0.3 is 14.8 Å². The van der Waals surface area contributed by atoms with Gasteiger partial charge in [0.05, 0.1) is 24.0 Å². The molecule has 7 heteroatoms. The van der Waals surface area contributed by atoms with Crippen LogP contribution in [-0.2, 0) is 0 Å². The molecule has 2 fully saturated rings. The molecule has 2 saturated carbocycles. The summed E-state index contributed by atoms with van der Waals surface area (Å²) in [5.74, 6) is 0.682. The van der Waals surface area contributed by atoms with Crippen LogP contribution < -0.4 is 10.2 Å². The summed E-state index contributed by atoms with van der Waals surface area (Å²) in [5.41, 5.74) is 2.36. The predicted octanol–water partition coefficient (Wildman–Crippen LogP) is 2.62. The third-order valence-electron chi connectivity index (χ3n) is 6.74. The van der Waals surface area contributed by atoms with Gasteiger partial charge in [0.25, 0.3) is 5.91 Å². The largest absolute Gasteiger partial charge is 0.349 e. The highest BCUT2D eigenvalue weighted by molar-refractivity contribution is 6.08. The smallest absolute Gasteiger partial charge is 0.258 e. The van der Waals surface area contributed by atoms with Crippen LogP contribution in [0, 0.1) is 17.2 Å². The Labute approximate surface area is 164 Å². The Morgan fingerprint density at radius 2 is 2.14 bits per heavy atom. The molecule has 0 aromatic carbocycles. The molecule has 0 spiro atoms. The minimum absolute atomic E-state index is 0.0472. The predicted molar refractivity (Wildman–Crippen MR) is 107 cm³/mol. The lowest BCUT2D eigenvalue weighted by Crippen LogP contribution is -2.50. The molecule has 0 radical (unpaired) electrons. The number of aromatic amines is 1. The molecule has 146 valence electrons. The van der Waals surface area contributed by atoms with Crippen molar-refractivity contribution in [2.75, 3.05) is 25.2 Å². The summed E-state index contributed by atoms with van der Waals surface area (Å²) in [6, 6.07) is 4.88. The molecule has 5 rings (SSSR count). The number of nitrogens with one attached hydrogen (secondary N) is 2. The molecule has 1 aliphatic heterocycles. The first-order valence-electron chi connectivity index (χ1n) is 10.2. The summed E-state index contributed by atoms with van der Waals surface area (Å²) in [6.07, 6.45) is 10.1. The minimum atomic E-state index is -0.224. The number of amides is 1. The van der Waals surface area contributed by atoms with Gasteiger partial charge in [-0.3, -0.25) is 10.1 Å². The fourth-order valence-corrected chi connectivity index (χ4v) is 4.78. The van der Waals surface area contributed by atoms with E-state index in [1.165, 1.54) is 0 Å². The van der Waals surface area contributed by atoms with Crippen LogP contribution in [0.1, 0.15) is 48.9 Å². The highest BCUT2D eigenvalue weighted by Gasteiger charge is 2.43. The van der Waals surface area contributed by atoms with Crippen LogP contribution in [0.15, 0.2) is 18.5 Å². The van der Waals surface area contributed by atoms with Crippen LogP contribution in [0.2, 0.25) is 0 Å². The van der Waals surface area contributed by atoms with Crippen LogP contribution in [0.25, 0.3) is 11.0 Å². The van der Waals surface area contributed by atoms with Crippen molar-refractivity contribution in [3.05, 3.63) is 24.0 Å². The number of pyridine rings is 1. The standard InChI is InChI=1S/C21H26N6O/c1-26-13-27(18-16-6-9-23-19(16)24-11-17(18)20(26)28)15-4-2-14(3-5-15)10-25-21(12-22)7-8-21/h6,9,11,14-15,25H,2-5,7-8,10,13H2,1H3,(H,23,24)/t14-,15-. The molecule has 2 aromatic rings. The van der Waals surface area contributed by atoms with Crippen molar-refractivity contribution in [3.63, 3.8) is 0 Å². The average molecular weight is 378 g/mol.